The Hall–Kier alpha value is -2.25. The van der Waals surface area contributed by atoms with Crippen LogP contribution in [0.5, 0.6) is 0 Å². The molecule has 0 bridgehead atoms. The first-order valence-electron chi connectivity index (χ1n) is 8.13. The number of amides is 1. The van der Waals surface area contributed by atoms with E-state index in [0.29, 0.717) is 17.3 Å². The molecule has 24 heavy (non-hydrogen) atoms. The predicted octanol–water partition coefficient (Wildman–Crippen LogP) is 1.75. The predicted molar refractivity (Wildman–Crippen MR) is 87.4 cm³/mol. The summed E-state index contributed by atoms with van der Waals surface area (Å²) < 4.78 is 11.1. The molecular formula is C17H22N4O3. The van der Waals surface area contributed by atoms with Gasteiger partial charge in [-0.1, -0.05) is 17.3 Å². The van der Waals surface area contributed by atoms with Crippen LogP contribution in [0.2, 0.25) is 0 Å². The second-order valence-corrected chi connectivity index (χ2v) is 5.91. The Labute approximate surface area is 140 Å². The van der Waals surface area contributed by atoms with E-state index < -0.39 is 0 Å². The third kappa shape index (κ3) is 3.98. The summed E-state index contributed by atoms with van der Waals surface area (Å²) in [5.41, 5.74) is 1.79. The summed E-state index contributed by atoms with van der Waals surface area (Å²) in [6.45, 7) is 3.30. The van der Waals surface area contributed by atoms with E-state index in [-0.39, 0.29) is 18.1 Å². The van der Waals surface area contributed by atoms with Crippen molar-refractivity contribution in [3.63, 3.8) is 0 Å². The Balaban J connectivity index is 1.43. The van der Waals surface area contributed by atoms with Gasteiger partial charge in [0, 0.05) is 25.7 Å². The minimum atomic E-state index is -0.0927. The lowest BCUT2D eigenvalue weighted by molar-refractivity contribution is 0.0264. The largest absolute Gasteiger partial charge is 0.364 e. The van der Waals surface area contributed by atoms with Gasteiger partial charge in [0.2, 0.25) is 0 Å². The minimum absolute atomic E-state index is 0.0730. The van der Waals surface area contributed by atoms with E-state index in [0.717, 1.165) is 31.5 Å². The maximum atomic E-state index is 11.5. The lowest BCUT2D eigenvalue weighted by atomic mass is 10.1. The van der Waals surface area contributed by atoms with Gasteiger partial charge in [-0.05, 0) is 37.5 Å². The number of hydrogen-bond acceptors (Lipinski definition) is 6. The zero-order valence-electron chi connectivity index (χ0n) is 13.9. The number of nitrogens with zero attached hydrogens (tertiary/aromatic N) is 2. The lowest BCUT2D eigenvalue weighted by Crippen LogP contribution is -2.26. The highest BCUT2D eigenvalue weighted by Crippen LogP contribution is 2.31. The first-order valence-corrected chi connectivity index (χ1v) is 8.13. The van der Waals surface area contributed by atoms with Crippen molar-refractivity contribution in [2.24, 2.45) is 0 Å². The van der Waals surface area contributed by atoms with Gasteiger partial charge in [-0.2, -0.15) is 4.98 Å². The molecule has 2 atom stereocenters. The van der Waals surface area contributed by atoms with Crippen LogP contribution < -0.4 is 10.6 Å². The molecule has 7 nitrogen and oxygen atoms in total. The van der Waals surface area contributed by atoms with E-state index in [9.17, 15) is 4.79 Å². The molecule has 1 aromatic carbocycles. The third-order valence-electron chi connectivity index (χ3n) is 4.07. The van der Waals surface area contributed by atoms with Gasteiger partial charge < -0.3 is 19.9 Å². The van der Waals surface area contributed by atoms with Crippen molar-refractivity contribution in [2.75, 3.05) is 13.6 Å². The second kappa shape index (κ2) is 7.55. The number of benzene rings is 1. The van der Waals surface area contributed by atoms with Crippen molar-refractivity contribution in [1.29, 1.82) is 0 Å². The lowest BCUT2D eigenvalue weighted by Gasteiger charge is -2.12. The summed E-state index contributed by atoms with van der Waals surface area (Å²) >= 11 is 0. The first kappa shape index (κ1) is 16.6. The molecule has 1 fully saturated rings. The van der Waals surface area contributed by atoms with Gasteiger partial charge in [0.15, 0.2) is 5.82 Å². The number of aryl methyl sites for hydroxylation is 1. The molecule has 1 saturated heterocycles. The molecular weight excluding hydrogens is 308 g/mol. The van der Waals surface area contributed by atoms with Crippen LogP contribution in [0, 0.1) is 6.92 Å². The summed E-state index contributed by atoms with van der Waals surface area (Å²) in [6, 6.07) is 7.57. The maximum Gasteiger partial charge on any atom is 0.255 e. The fourth-order valence-corrected chi connectivity index (χ4v) is 2.78. The SMILES string of the molecule is CNC(=O)c1ccc(CNC[C@H]2CC[C@@H](c3nc(C)no3)O2)cc1. The summed E-state index contributed by atoms with van der Waals surface area (Å²) in [4.78, 5) is 15.7. The van der Waals surface area contributed by atoms with E-state index >= 15 is 0 Å². The van der Waals surface area contributed by atoms with Gasteiger partial charge in [-0.25, -0.2) is 0 Å². The van der Waals surface area contributed by atoms with Crippen molar-refractivity contribution in [2.45, 2.75) is 38.5 Å². The smallest absolute Gasteiger partial charge is 0.255 e. The molecule has 1 aliphatic rings. The number of carbonyl (C=O) groups is 1. The Kier molecular flexibility index (Phi) is 5.22. The highest BCUT2D eigenvalue weighted by Gasteiger charge is 2.30. The zero-order chi connectivity index (χ0) is 16.9. The summed E-state index contributed by atoms with van der Waals surface area (Å²) in [5.74, 6) is 1.13. The van der Waals surface area contributed by atoms with Crippen molar-refractivity contribution in [3.8, 4) is 0 Å². The molecule has 0 saturated carbocycles. The van der Waals surface area contributed by atoms with E-state index in [1.165, 1.54) is 0 Å². The van der Waals surface area contributed by atoms with Crippen LogP contribution in [0.25, 0.3) is 0 Å². The van der Waals surface area contributed by atoms with Crippen molar-refractivity contribution >= 4 is 5.91 Å². The Morgan fingerprint density at radius 3 is 2.75 bits per heavy atom. The first-order chi connectivity index (χ1) is 11.7. The number of carbonyl (C=O) groups excluding carboxylic acids is 1. The summed E-state index contributed by atoms with van der Waals surface area (Å²) in [7, 11) is 1.63. The molecule has 1 amide bonds. The van der Waals surface area contributed by atoms with Gasteiger partial charge in [-0.15, -0.1) is 0 Å². The molecule has 0 unspecified atom stereocenters. The van der Waals surface area contributed by atoms with Crippen LogP contribution in [0.1, 0.15) is 46.6 Å². The van der Waals surface area contributed by atoms with Crippen molar-refractivity contribution < 1.29 is 14.1 Å². The topological polar surface area (TPSA) is 89.3 Å². The summed E-state index contributed by atoms with van der Waals surface area (Å²) in [6.07, 6.45) is 1.92. The highest BCUT2D eigenvalue weighted by atomic mass is 16.5. The third-order valence-corrected chi connectivity index (χ3v) is 4.07. The average molecular weight is 330 g/mol. The molecule has 1 aromatic heterocycles. The fourth-order valence-electron chi connectivity index (χ4n) is 2.78. The molecule has 0 spiro atoms. The molecule has 2 aromatic rings. The Morgan fingerprint density at radius 1 is 1.29 bits per heavy atom. The van der Waals surface area contributed by atoms with Gasteiger partial charge >= 0.3 is 0 Å². The highest BCUT2D eigenvalue weighted by molar-refractivity contribution is 5.93. The number of ether oxygens (including phenoxy) is 1. The normalized spacial score (nSPS) is 20.2. The van der Waals surface area contributed by atoms with E-state index in [2.05, 4.69) is 20.8 Å². The molecule has 3 rings (SSSR count). The van der Waals surface area contributed by atoms with Crippen LogP contribution in [-0.4, -0.2) is 35.7 Å². The van der Waals surface area contributed by atoms with Gasteiger partial charge in [0.05, 0.1) is 6.10 Å². The van der Waals surface area contributed by atoms with Gasteiger partial charge in [0.25, 0.3) is 11.8 Å². The zero-order valence-corrected chi connectivity index (χ0v) is 13.9. The molecule has 1 aliphatic heterocycles. The number of nitrogens with one attached hydrogen (secondary N) is 2. The maximum absolute atomic E-state index is 11.5. The fraction of sp³-hybridized carbons (Fsp3) is 0.471. The van der Waals surface area contributed by atoms with Crippen molar-refractivity contribution in [3.05, 3.63) is 47.1 Å². The van der Waals surface area contributed by atoms with Crippen LogP contribution in [0.3, 0.4) is 0 Å². The quantitative estimate of drug-likeness (QED) is 0.839. The molecule has 0 aliphatic carbocycles. The monoisotopic (exact) mass is 330 g/mol. The molecule has 2 heterocycles. The molecule has 128 valence electrons. The number of aromatic nitrogens is 2. The number of hydrogen-bond donors (Lipinski definition) is 2. The van der Waals surface area contributed by atoms with Gasteiger partial charge in [-0.3, -0.25) is 4.79 Å². The number of rotatable bonds is 6. The van der Waals surface area contributed by atoms with Gasteiger partial charge in [0.1, 0.15) is 6.10 Å². The van der Waals surface area contributed by atoms with E-state index in [4.69, 9.17) is 9.26 Å². The molecule has 0 radical (unpaired) electrons. The van der Waals surface area contributed by atoms with Crippen LogP contribution in [0.15, 0.2) is 28.8 Å². The molecule has 7 heteroatoms. The minimum Gasteiger partial charge on any atom is -0.364 e. The Morgan fingerprint density at radius 2 is 2.08 bits per heavy atom. The van der Waals surface area contributed by atoms with E-state index in [1.54, 1.807) is 14.0 Å². The van der Waals surface area contributed by atoms with Crippen LogP contribution >= 0.6 is 0 Å². The Bertz CT molecular complexity index is 683. The van der Waals surface area contributed by atoms with Crippen molar-refractivity contribution in [1.82, 2.24) is 20.8 Å². The standard InChI is InChI=1S/C17H22N4O3/c1-11-20-17(24-21-11)15-8-7-14(23-15)10-19-9-12-3-5-13(6-4-12)16(22)18-2/h3-6,14-15,19H,7-10H2,1-2H3,(H,18,22)/t14-,15+/m1/s1. The average Bonchev–Trinajstić information content (AvgIpc) is 3.24. The van der Waals surface area contributed by atoms with Crippen LogP contribution in [-0.2, 0) is 11.3 Å². The van der Waals surface area contributed by atoms with Crippen LogP contribution in [0.4, 0.5) is 0 Å². The second-order valence-electron chi connectivity index (χ2n) is 5.91. The van der Waals surface area contributed by atoms with E-state index in [1.807, 2.05) is 24.3 Å². The summed E-state index contributed by atoms with van der Waals surface area (Å²) in [5, 5.41) is 9.81. The molecule has 2 N–H and O–H groups in total.